The number of hydrogen-bond donors (Lipinski definition) is 4. The molecular formula is C10H18N2O5. The molecule has 98 valence electrons. The molecule has 3 atom stereocenters. The highest BCUT2D eigenvalue weighted by Crippen LogP contribution is 2.16. The molecule has 0 spiro atoms. The lowest BCUT2D eigenvalue weighted by molar-refractivity contribution is -0.141. The van der Waals surface area contributed by atoms with Gasteiger partial charge in [0.15, 0.2) is 6.04 Å². The summed E-state index contributed by atoms with van der Waals surface area (Å²) in [7, 11) is 0. The van der Waals surface area contributed by atoms with Gasteiger partial charge in [0.05, 0.1) is 18.8 Å². The standard InChI is InChI=1S/C10H18N2O5/c1-6(14)8(9(15)16)11-10(17)12-4-2-3-7(12)5-13/h6-8,13-14H,2-5H2,1H3,(H,11,17)(H,15,16). The fourth-order valence-corrected chi connectivity index (χ4v) is 1.90. The molecule has 1 aliphatic rings. The van der Waals surface area contributed by atoms with Crippen molar-refractivity contribution in [3.8, 4) is 0 Å². The zero-order valence-electron chi connectivity index (χ0n) is 9.67. The molecule has 0 saturated carbocycles. The van der Waals surface area contributed by atoms with Gasteiger partial charge in [-0.1, -0.05) is 0 Å². The van der Waals surface area contributed by atoms with Crippen LogP contribution in [0.25, 0.3) is 0 Å². The van der Waals surface area contributed by atoms with E-state index in [1.54, 1.807) is 0 Å². The van der Waals surface area contributed by atoms with Gasteiger partial charge < -0.3 is 25.5 Å². The fraction of sp³-hybridized carbons (Fsp3) is 0.800. The van der Waals surface area contributed by atoms with E-state index in [1.807, 2.05) is 0 Å². The first kappa shape index (κ1) is 13.7. The predicted octanol–water partition coefficient (Wildman–Crippen LogP) is -1.01. The number of carboxylic acids is 1. The van der Waals surface area contributed by atoms with E-state index in [4.69, 9.17) is 10.2 Å². The third-order valence-corrected chi connectivity index (χ3v) is 2.88. The lowest BCUT2D eigenvalue weighted by atomic mass is 10.2. The van der Waals surface area contributed by atoms with E-state index in [-0.39, 0.29) is 12.6 Å². The number of hydrogen-bond acceptors (Lipinski definition) is 4. The topological polar surface area (TPSA) is 110 Å². The molecule has 7 heteroatoms. The molecule has 0 aliphatic carbocycles. The van der Waals surface area contributed by atoms with Gasteiger partial charge in [0.2, 0.25) is 0 Å². The highest BCUT2D eigenvalue weighted by atomic mass is 16.4. The van der Waals surface area contributed by atoms with E-state index in [2.05, 4.69) is 5.32 Å². The molecule has 0 aromatic carbocycles. The number of likely N-dealkylation sites (tertiary alicyclic amines) is 1. The van der Waals surface area contributed by atoms with Crippen molar-refractivity contribution in [1.82, 2.24) is 10.2 Å². The van der Waals surface area contributed by atoms with Crippen LogP contribution in [-0.4, -0.2) is 63.6 Å². The van der Waals surface area contributed by atoms with E-state index in [0.29, 0.717) is 13.0 Å². The number of nitrogens with zero attached hydrogens (tertiary/aromatic N) is 1. The lowest BCUT2D eigenvalue weighted by Crippen LogP contribution is -2.53. The van der Waals surface area contributed by atoms with Gasteiger partial charge in [-0.3, -0.25) is 0 Å². The Morgan fingerprint density at radius 2 is 2.18 bits per heavy atom. The summed E-state index contributed by atoms with van der Waals surface area (Å²) < 4.78 is 0. The average Bonchev–Trinajstić information content (AvgIpc) is 2.72. The Labute approximate surface area is 99.0 Å². The van der Waals surface area contributed by atoms with Crippen LogP contribution in [0.15, 0.2) is 0 Å². The van der Waals surface area contributed by atoms with Gasteiger partial charge in [-0.2, -0.15) is 0 Å². The van der Waals surface area contributed by atoms with E-state index in [1.165, 1.54) is 11.8 Å². The summed E-state index contributed by atoms with van der Waals surface area (Å²) in [5.74, 6) is -1.28. The van der Waals surface area contributed by atoms with Gasteiger partial charge in [-0.25, -0.2) is 9.59 Å². The summed E-state index contributed by atoms with van der Waals surface area (Å²) in [6, 6.07) is -2.16. The second-order valence-corrected chi connectivity index (χ2v) is 4.18. The average molecular weight is 246 g/mol. The predicted molar refractivity (Wildman–Crippen MR) is 58.5 cm³/mol. The molecule has 0 radical (unpaired) electrons. The second kappa shape index (κ2) is 5.83. The maximum Gasteiger partial charge on any atom is 0.328 e. The molecule has 7 nitrogen and oxygen atoms in total. The van der Waals surface area contributed by atoms with Crippen molar-refractivity contribution in [2.45, 2.75) is 38.0 Å². The smallest absolute Gasteiger partial charge is 0.328 e. The fourth-order valence-electron chi connectivity index (χ4n) is 1.90. The third-order valence-electron chi connectivity index (χ3n) is 2.88. The molecule has 1 rings (SSSR count). The van der Waals surface area contributed by atoms with Crippen LogP contribution in [0.4, 0.5) is 4.79 Å². The van der Waals surface area contributed by atoms with Crippen LogP contribution in [0.5, 0.6) is 0 Å². The molecule has 3 unspecified atom stereocenters. The van der Waals surface area contributed by atoms with Crippen LogP contribution in [0, 0.1) is 0 Å². The SMILES string of the molecule is CC(O)C(NC(=O)N1CCCC1CO)C(=O)O. The van der Waals surface area contributed by atoms with Crippen molar-refractivity contribution in [1.29, 1.82) is 0 Å². The van der Waals surface area contributed by atoms with Crippen molar-refractivity contribution in [3.63, 3.8) is 0 Å². The van der Waals surface area contributed by atoms with Crippen molar-refractivity contribution < 1.29 is 24.9 Å². The van der Waals surface area contributed by atoms with Crippen molar-refractivity contribution in [2.24, 2.45) is 0 Å². The van der Waals surface area contributed by atoms with Crippen LogP contribution >= 0.6 is 0 Å². The Bertz CT molecular complexity index is 294. The van der Waals surface area contributed by atoms with Crippen LogP contribution < -0.4 is 5.32 Å². The van der Waals surface area contributed by atoms with Gasteiger partial charge in [-0.05, 0) is 19.8 Å². The summed E-state index contributed by atoms with van der Waals surface area (Å²) >= 11 is 0. The normalized spacial score (nSPS) is 23.2. The minimum atomic E-state index is -1.33. The maximum atomic E-state index is 11.8. The molecule has 2 amide bonds. The molecule has 1 aliphatic heterocycles. The number of carbonyl (C=O) groups excluding carboxylic acids is 1. The van der Waals surface area contributed by atoms with Crippen molar-refractivity contribution >= 4 is 12.0 Å². The largest absolute Gasteiger partial charge is 0.480 e. The van der Waals surface area contributed by atoms with Crippen LogP contribution in [-0.2, 0) is 4.79 Å². The molecule has 1 fully saturated rings. The zero-order valence-corrected chi connectivity index (χ0v) is 9.67. The van der Waals surface area contributed by atoms with Crippen LogP contribution in [0.2, 0.25) is 0 Å². The van der Waals surface area contributed by atoms with Gasteiger partial charge in [0.1, 0.15) is 0 Å². The number of aliphatic carboxylic acids is 1. The minimum absolute atomic E-state index is 0.139. The Balaban J connectivity index is 2.61. The van der Waals surface area contributed by atoms with E-state index < -0.39 is 24.1 Å². The first-order valence-electron chi connectivity index (χ1n) is 5.56. The highest BCUT2D eigenvalue weighted by Gasteiger charge is 2.32. The van der Waals surface area contributed by atoms with Crippen molar-refractivity contribution in [2.75, 3.05) is 13.2 Å². The van der Waals surface area contributed by atoms with Gasteiger partial charge in [-0.15, -0.1) is 0 Å². The summed E-state index contributed by atoms with van der Waals surface area (Å²) in [6.07, 6.45) is 0.313. The molecule has 0 aromatic heterocycles. The molecule has 1 saturated heterocycles. The lowest BCUT2D eigenvalue weighted by Gasteiger charge is -2.26. The summed E-state index contributed by atoms with van der Waals surface area (Å²) in [5.41, 5.74) is 0. The van der Waals surface area contributed by atoms with Gasteiger partial charge >= 0.3 is 12.0 Å². The molecule has 17 heavy (non-hydrogen) atoms. The highest BCUT2D eigenvalue weighted by molar-refractivity contribution is 5.83. The van der Waals surface area contributed by atoms with E-state index in [0.717, 1.165) is 6.42 Å². The molecular weight excluding hydrogens is 228 g/mol. The number of nitrogens with one attached hydrogen (secondary N) is 1. The molecule has 4 N–H and O–H groups in total. The van der Waals surface area contributed by atoms with Gasteiger partial charge in [0, 0.05) is 6.54 Å². The number of urea groups is 1. The number of carboxylic acid groups (broad SMARTS) is 1. The zero-order chi connectivity index (χ0) is 13.0. The van der Waals surface area contributed by atoms with Crippen LogP contribution in [0.3, 0.4) is 0 Å². The Hall–Kier alpha value is -1.34. The number of aliphatic hydroxyl groups is 2. The summed E-state index contributed by atoms with van der Waals surface area (Å²) in [6.45, 7) is 1.65. The van der Waals surface area contributed by atoms with Crippen molar-refractivity contribution in [3.05, 3.63) is 0 Å². The molecule has 0 bridgehead atoms. The second-order valence-electron chi connectivity index (χ2n) is 4.18. The first-order valence-corrected chi connectivity index (χ1v) is 5.56. The van der Waals surface area contributed by atoms with E-state index >= 15 is 0 Å². The Morgan fingerprint density at radius 3 is 2.65 bits per heavy atom. The minimum Gasteiger partial charge on any atom is -0.480 e. The quantitative estimate of drug-likeness (QED) is 0.508. The number of aliphatic hydroxyl groups excluding tert-OH is 2. The maximum absolute atomic E-state index is 11.8. The molecule has 1 heterocycles. The number of carbonyl (C=O) groups is 2. The monoisotopic (exact) mass is 246 g/mol. The number of rotatable bonds is 4. The first-order chi connectivity index (χ1) is 7.97. The third kappa shape index (κ3) is 3.31. The summed E-state index contributed by atoms with van der Waals surface area (Å²) in [5, 5.41) is 29.3. The van der Waals surface area contributed by atoms with E-state index in [9.17, 15) is 14.7 Å². The molecule has 0 aromatic rings. The van der Waals surface area contributed by atoms with Crippen LogP contribution in [0.1, 0.15) is 19.8 Å². The van der Waals surface area contributed by atoms with Gasteiger partial charge in [0.25, 0.3) is 0 Å². The number of amides is 2. The Kier molecular flexibility index (Phi) is 4.71. The Morgan fingerprint density at radius 1 is 1.53 bits per heavy atom. The summed E-state index contributed by atoms with van der Waals surface area (Å²) in [4.78, 5) is 24.0.